The van der Waals surface area contributed by atoms with Gasteiger partial charge in [0.05, 0.1) is 0 Å². The number of rotatable bonds is 2. The van der Waals surface area contributed by atoms with Gasteiger partial charge in [0.25, 0.3) is 11.8 Å². The summed E-state index contributed by atoms with van der Waals surface area (Å²) in [4.78, 5) is 33.2. The Morgan fingerprint density at radius 2 is 1.64 bits per heavy atom. The number of nitrogens with zero attached hydrogens (tertiary/aromatic N) is 3. The fourth-order valence-electron chi connectivity index (χ4n) is 3.61. The molecular formula is C20H21N3O2. The van der Waals surface area contributed by atoms with E-state index in [9.17, 15) is 9.59 Å². The van der Waals surface area contributed by atoms with Crippen molar-refractivity contribution in [3.8, 4) is 0 Å². The first-order valence-corrected chi connectivity index (χ1v) is 8.84. The quantitative estimate of drug-likeness (QED) is 0.847. The highest BCUT2D eigenvalue weighted by molar-refractivity contribution is 5.98. The van der Waals surface area contributed by atoms with E-state index in [1.165, 1.54) is 11.1 Å². The van der Waals surface area contributed by atoms with Crippen LogP contribution < -0.4 is 0 Å². The maximum Gasteiger partial charge on any atom is 0.272 e. The number of hydrogen-bond donors (Lipinski definition) is 0. The van der Waals surface area contributed by atoms with Crippen molar-refractivity contribution in [1.29, 1.82) is 0 Å². The van der Waals surface area contributed by atoms with E-state index in [1.807, 2.05) is 21.9 Å². The van der Waals surface area contributed by atoms with Crippen molar-refractivity contribution >= 4 is 11.8 Å². The second-order valence-electron chi connectivity index (χ2n) is 6.67. The van der Waals surface area contributed by atoms with Gasteiger partial charge in [-0.1, -0.05) is 24.3 Å². The Hall–Kier alpha value is -2.69. The van der Waals surface area contributed by atoms with Gasteiger partial charge in [-0.3, -0.25) is 14.6 Å². The van der Waals surface area contributed by atoms with Gasteiger partial charge in [0, 0.05) is 37.9 Å². The summed E-state index contributed by atoms with van der Waals surface area (Å²) in [5, 5.41) is 0. The molecule has 2 aliphatic rings. The number of aromatic nitrogens is 1. The molecule has 2 amide bonds. The van der Waals surface area contributed by atoms with E-state index in [1.54, 1.807) is 18.3 Å². The van der Waals surface area contributed by atoms with Crippen LogP contribution in [0.3, 0.4) is 0 Å². The zero-order chi connectivity index (χ0) is 17.2. The van der Waals surface area contributed by atoms with Gasteiger partial charge < -0.3 is 9.80 Å². The molecule has 0 spiro atoms. The Morgan fingerprint density at radius 1 is 0.880 bits per heavy atom. The summed E-state index contributed by atoms with van der Waals surface area (Å²) in [6.45, 7) is 2.88. The lowest BCUT2D eigenvalue weighted by Crippen LogP contribution is -2.36. The van der Waals surface area contributed by atoms with E-state index < -0.39 is 0 Å². The smallest absolute Gasteiger partial charge is 0.272 e. The largest absolute Gasteiger partial charge is 0.337 e. The normalized spacial score (nSPS) is 16.6. The molecule has 0 bridgehead atoms. The van der Waals surface area contributed by atoms with Gasteiger partial charge in [-0.15, -0.1) is 0 Å². The second-order valence-corrected chi connectivity index (χ2v) is 6.67. The van der Waals surface area contributed by atoms with E-state index in [0.717, 1.165) is 32.4 Å². The Labute approximate surface area is 147 Å². The summed E-state index contributed by atoms with van der Waals surface area (Å²) in [7, 11) is 0. The van der Waals surface area contributed by atoms with Crippen LogP contribution in [-0.2, 0) is 13.0 Å². The molecule has 4 rings (SSSR count). The van der Waals surface area contributed by atoms with Gasteiger partial charge in [-0.05, 0) is 42.5 Å². The highest BCUT2D eigenvalue weighted by Crippen LogP contribution is 2.21. The summed E-state index contributed by atoms with van der Waals surface area (Å²) in [6.07, 6.45) is 4.51. The molecule has 5 nitrogen and oxygen atoms in total. The summed E-state index contributed by atoms with van der Waals surface area (Å²) in [5.74, 6) is -0.108. The number of pyridine rings is 1. The van der Waals surface area contributed by atoms with E-state index in [-0.39, 0.29) is 11.8 Å². The third-order valence-electron chi connectivity index (χ3n) is 5.04. The molecule has 0 radical (unpaired) electrons. The lowest BCUT2D eigenvalue weighted by molar-refractivity contribution is 0.0734. The van der Waals surface area contributed by atoms with Crippen molar-refractivity contribution in [1.82, 2.24) is 14.8 Å². The second kappa shape index (κ2) is 6.67. The molecule has 1 fully saturated rings. The van der Waals surface area contributed by atoms with Crippen molar-refractivity contribution in [2.45, 2.75) is 25.8 Å². The molecule has 2 aromatic rings. The van der Waals surface area contributed by atoms with Crippen molar-refractivity contribution in [2.75, 3.05) is 19.6 Å². The lowest BCUT2D eigenvalue weighted by Gasteiger charge is -2.29. The van der Waals surface area contributed by atoms with Crippen LogP contribution >= 0.6 is 0 Å². The monoisotopic (exact) mass is 335 g/mol. The molecule has 0 atom stereocenters. The van der Waals surface area contributed by atoms with Gasteiger partial charge in [0.2, 0.25) is 0 Å². The molecule has 0 saturated carbocycles. The Balaban J connectivity index is 1.53. The van der Waals surface area contributed by atoms with Gasteiger partial charge in [0.15, 0.2) is 0 Å². The molecule has 3 heterocycles. The molecule has 5 heteroatoms. The number of carbonyl (C=O) groups is 2. The number of benzene rings is 1. The van der Waals surface area contributed by atoms with Gasteiger partial charge >= 0.3 is 0 Å². The molecule has 0 N–H and O–H groups in total. The first-order chi connectivity index (χ1) is 12.2. The van der Waals surface area contributed by atoms with E-state index in [4.69, 9.17) is 0 Å². The third-order valence-corrected chi connectivity index (χ3v) is 5.04. The minimum absolute atomic E-state index is 0.0348. The number of hydrogen-bond acceptors (Lipinski definition) is 3. The summed E-state index contributed by atoms with van der Waals surface area (Å²) < 4.78 is 0. The minimum Gasteiger partial charge on any atom is -0.337 e. The molecule has 25 heavy (non-hydrogen) atoms. The highest BCUT2D eigenvalue weighted by Gasteiger charge is 2.24. The molecular weight excluding hydrogens is 314 g/mol. The van der Waals surface area contributed by atoms with Gasteiger partial charge in [-0.25, -0.2) is 0 Å². The fraction of sp³-hybridized carbons (Fsp3) is 0.350. The van der Waals surface area contributed by atoms with Gasteiger partial charge in [-0.2, -0.15) is 0 Å². The van der Waals surface area contributed by atoms with Crippen molar-refractivity contribution < 1.29 is 9.59 Å². The predicted molar refractivity (Wildman–Crippen MR) is 94.3 cm³/mol. The summed E-state index contributed by atoms with van der Waals surface area (Å²) in [6, 6.07) is 11.6. The zero-order valence-corrected chi connectivity index (χ0v) is 14.1. The van der Waals surface area contributed by atoms with E-state index >= 15 is 0 Å². The summed E-state index contributed by atoms with van der Waals surface area (Å²) >= 11 is 0. The number of carbonyl (C=O) groups excluding carboxylic acids is 2. The Morgan fingerprint density at radius 3 is 2.44 bits per heavy atom. The maximum absolute atomic E-state index is 12.9. The third kappa shape index (κ3) is 3.14. The zero-order valence-electron chi connectivity index (χ0n) is 14.1. The van der Waals surface area contributed by atoms with Crippen LogP contribution in [0.4, 0.5) is 0 Å². The first-order valence-electron chi connectivity index (χ1n) is 8.84. The topological polar surface area (TPSA) is 53.5 Å². The van der Waals surface area contributed by atoms with Crippen LogP contribution in [0, 0.1) is 0 Å². The van der Waals surface area contributed by atoms with Crippen molar-refractivity contribution in [3.05, 3.63) is 65.0 Å². The highest BCUT2D eigenvalue weighted by atomic mass is 16.2. The average Bonchev–Trinajstić information content (AvgIpc) is 3.21. The van der Waals surface area contributed by atoms with Crippen molar-refractivity contribution in [2.24, 2.45) is 0 Å². The molecule has 128 valence electrons. The van der Waals surface area contributed by atoms with Crippen LogP contribution in [-0.4, -0.2) is 46.2 Å². The number of amides is 2. The number of likely N-dealkylation sites (tertiary alicyclic amines) is 1. The molecule has 1 aromatic carbocycles. The summed E-state index contributed by atoms with van der Waals surface area (Å²) in [5.41, 5.74) is 3.41. The number of fused-ring (bicyclic) bond motifs is 1. The minimum atomic E-state index is -0.0730. The van der Waals surface area contributed by atoms with E-state index in [0.29, 0.717) is 24.3 Å². The average molecular weight is 335 g/mol. The SMILES string of the molecule is O=C(c1ccnc(C(=O)N2CCCC2)c1)N1CCc2ccccc2C1. The Bertz CT molecular complexity index is 812. The first kappa shape index (κ1) is 15.8. The van der Waals surface area contributed by atoms with Crippen LogP contribution in [0.5, 0.6) is 0 Å². The Kier molecular flexibility index (Phi) is 4.22. The van der Waals surface area contributed by atoms with E-state index in [2.05, 4.69) is 17.1 Å². The van der Waals surface area contributed by atoms with Crippen LogP contribution in [0.1, 0.15) is 44.8 Å². The fourth-order valence-corrected chi connectivity index (χ4v) is 3.61. The predicted octanol–water partition coefficient (Wildman–Crippen LogP) is 2.52. The van der Waals surface area contributed by atoms with Crippen LogP contribution in [0.25, 0.3) is 0 Å². The molecule has 1 saturated heterocycles. The standard InChI is InChI=1S/C20H21N3O2/c24-19(23-12-8-15-5-1-2-6-17(15)14-23)16-7-9-21-18(13-16)20(25)22-10-3-4-11-22/h1-2,5-7,9,13H,3-4,8,10-12,14H2. The molecule has 2 aliphatic heterocycles. The molecule has 0 aliphatic carbocycles. The lowest BCUT2D eigenvalue weighted by atomic mass is 9.99. The van der Waals surface area contributed by atoms with Crippen molar-refractivity contribution in [3.63, 3.8) is 0 Å². The van der Waals surface area contributed by atoms with Gasteiger partial charge in [0.1, 0.15) is 5.69 Å². The maximum atomic E-state index is 12.9. The van der Waals surface area contributed by atoms with Crippen LogP contribution in [0.15, 0.2) is 42.6 Å². The van der Waals surface area contributed by atoms with Crippen LogP contribution in [0.2, 0.25) is 0 Å². The molecule has 1 aromatic heterocycles. The molecule has 0 unspecified atom stereocenters.